The first-order valence-electron chi connectivity index (χ1n) is 9.95. The Bertz CT molecular complexity index is 997. The molecule has 0 aliphatic heterocycles. The molecular formula is C22H27F2N3O4. The number of carbonyl (C=O) groups excluding carboxylic acids is 3. The number of aliphatic hydroxyl groups excluding tert-OH is 1. The standard InChI is InChI=1S/C22H27F2N3O4/c1-5-15(11-28)25-22(31)20(29)19-13(3)18(14(4)27(19)9-8-23)21(30)26-16-6-7-17(24)12(2)10-16/h6-7,10,15,28H,5,8-9,11H2,1-4H3,(H,25,31)(H,26,30). The van der Waals surface area contributed by atoms with Gasteiger partial charge >= 0.3 is 0 Å². The van der Waals surface area contributed by atoms with Crippen molar-refractivity contribution in [2.75, 3.05) is 18.6 Å². The first kappa shape index (κ1) is 24.2. The number of hydrogen-bond acceptors (Lipinski definition) is 4. The number of amides is 2. The molecule has 1 heterocycles. The highest BCUT2D eigenvalue weighted by Crippen LogP contribution is 2.25. The molecule has 0 spiro atoms. The third-order valence-electron chi connectivity index (χ3n) is 5.19. The summed E-state index contributed by atoms with van der Waals surface area (Å²) in [6.07, 6.45) is 0.420. The molecule has 0 radical (unpaired) electrons. The summed E-state index contributed by atoms with van der Waals surface area (Å²) in [6, 6.07) is 3.51. The molecule has 0 aliphatic carbocycles. The molecule has 1 aromatic carbocycles. The molecule has 0 aliphatic rings. The van der Waals surface area contributed by atoms with E-state index in [1.54, 1.807) is 20.8 Å². The van der Waals surface area contributed by atoms with Crippen molar-refractivity contribution in [3.8, 4) is 0 Å². The summed E-state index contributed by atoms with van der Waals surface area (Å²) in [5.74, 6) is -2.83. The van der Waals surface area contributed by atoms with Gasteiger partial charge in [-0.2, -0.15) is 0 Å². The predicted molar refractivity (Wildman–Crippen MR) is 113 cm³/mol. The maximum absolute atomic E-state index is 13.5. The minimum Gasteiger partial charge on any atom is -0.394 e. The van der Waals surface area contributed by atoms with E-state index in [0.29, 0.717) is 23.4 Å². The fraction of sp³-hybridized carbons (Fsp3) is 0.409. The van der Waals surface area contributed by atoms with E-state index < -0.39 is 36.1 Å². The second-order valence-corrected chi connectivity index (χ2v) is 7.28. The van der Waals surface area contributed by atoms with Gasteiger partial charge in [0, 0.05) is 11.4 Å². The number of rotatable bonds is 9. The molecule has 168 valence electrons. The average molecular weight is 435 g/mol. The zero-order valence-corrected chi connectivity index (χ0v) is 18.0. The molecule has 1 atom stereocenters. The number of carbonyl (C=O) groups is 3. The van der Waals surface area contributed by atoms with Crippen molar-refractivity contribution >= 4 is 23.3 Å². The number of hydrogen-bond donors (Lipinski definition) is 3. The largest absolute Gasteiger partial charge is 0.394 e. The lowest BCUT2D eigenvalue weighted by atomic mass is 10.1. The highest BCUT2D eigenvalue weighted by Gasteiger charge is 2.30. The van der Waals surface area contributed by atoms with Gasteiger partial charge in [0.05, 0.1) is 30.5 Å². The summed E-state index contributed by atoms with van der Waals surface area (Å²) in [5, 5.41) is 14.4. The highest BCUT2D eigenvalue weighted by molar-refractivity contribution is 6.43. The Balaban J connectivity index is 2.43. The quantitative estimate of drug-likeness (QED) is 0.417. The molecule has 7 nitrogen and oxygen atoms in total. The van der Waals surface area contributed by atoms with Gasteiger partial charge in [-0.15, -0.1) is 0 Å². The van der Waals surface area contributed by atoms with E-state index in [0.717, 1.165) is 0 Å². The molecule has 2 rings (SSSR count). The number of alkyl halides is 1. The summed E-state index contributed by atoms with van der Waals surface area (Å²) >= 11 is 0. The number of nitrogens with zero attached hydrogens (tertiary/aromatic N) is 1. The number of anilines is 1. The van der Waals surface area contributed by atoms with Crippen molar-refractivity contribution < 1.29 is 28.3 Å². The van der Waals surface area contributed by atoms with Crippen LogP contribution in [-0.4, -0.2) is 46.6 Å². The minimum absolute atomic E-state index is 0.0825. The Labute approximate surface area is 179 Å². The van der Waals surface area contributed by atoms with Gasteiger partial charge < -0.3 is 20.3 Å². The molecular weight excluding hydrogens is 408 g/mol. The first-order chi connectivity index (χ1) is 14.7. The van der Waals surface area contributed by atoms with Crippen LogP contribution in [0.4, 0.5) is 14.5 Å². The number of halogens is 2. The van der Waals surface area contributed by atoms with Crippen LogP contribution < -0.4 is 10.6 Å². The topological polar surface area (TPSA) is 100 Å². The number of Topliss-reactive ketones (excluding diaryl/α,β-unsaturated/α-hetero) is 1. The number of benzene rings is 1. The van der Waals surface area contributed by atoms with Crippen LogP contribution >= 0.6 is 0 Å². The van der Waals surface area contributed by atoms with E-state index in [-0.39, 0.29) is 30.0 Å². The fourth-order valence-corrected chi connectivity index (χ4v) is 3.44. The van der Waals surface area contributed by atoms with E-state index in [2.05, 4.69) is 10.6 Å². The fourth-order valence-electron chi connectivity index (χ4n) is 3.44. The van der Waals surface area contributed by atoms with Gasteiger partial charge in [0.1, 0.15) is 12.5 Å². The predicted octanol–water partition coefficient (Wildman–Crippen LogP) is 2.84. The molecule has 0 fully saturated rings. The van der Waals surface area contributed by atoms with Crippen LogP contribution in [0, 0.1) is 26.6 Å². The number of aromatic nitrogens is 1. The van der Waals surface area contributed by atoms with Crippen molar-refractivity contribution in [1.82, 2.24) is 9.88 Å². The summed E-state index contributed by atoms with van der Waals surface area (Å²) in [7, 11) is 0. The van der Waals surface area contributed by atoms with E-state index in [4.69, 9.17) is 0 Å². The van der Waals surface area contributed by atoms with Gasteiger partial charge in [-0.25, -0.2) is 8.78 Å². The second kappa shape index (κ2) is 10.3. The van der Waals surface area contributed by atoms with Crippen LogP contribution in [0.5, 0.6) is 0 Å². The lowest BCUT2D eigenvalue weighted by molar-refractivity contribution is -0.118. The highest BCUT2D eigenvalue weighted by atomic mass is 19.1. The minimum atomic E-state index is -0.942. The Hall–Kier alpha value is -3.07. The molecule has 31 heavy (non-hydrogen) atoms. The smallest absolute Gasteiger partial charge is 0.294 e. The van der Waals surface area contributed by atoms with Gasteiger partial charge in [-0.1, -0.05) is 6.92 Å². The maximum Gasteiger partial charge on any atom is 0.294 e. The van der Waals surface area contributed by atoms with E-state index in [9.17, 15) is 28.3 Å². The van der Waals surface area contributed by atoms with Gasteiger partial charge in [0.2, 0.25) is 0 Å². The van der Waals surface area contributed by atoms with Crippen LogP contribution in [0.2, 0.25) is 0 Å². The SMILES string of the molecule is CCC(CO)NC(=O)C(=O)c1c(C)c(C(=O)Nc2ccc(F)c(C)c2)c(C)n1CCF. The van der Waals surface area contributed by atoms with E-state index >= 15 is 0 Å². The Kier molecular flexibility index (Phi) is 8.04. The van der Waals surface area contributed by atoms with Crippen LogP contribution in [0.1, 0.15) is 51.0 Å². The van der Waals surface area contributed by atoms with Crippen molar-refractivity contribution in [1.29, 1.82) is 0 Å². The number of aryl methyl sites for hydroxylation is 1. The van der Waals surface area contributed by atoms with Crippen LogP contribution in [0.15, 0.2) is 18.2 Å². The summed E-state index contributed by atoms with van der Waals surface area (Å²) < 4.78 is 28.0. The lowest BCUT2D eigenvalue weighted by Gasteiger charge is -2.14. The number of nitrogens with one attached hydrogen (secondary N) is 2. The van der Waals surface area contributed by atoms with Gasteiger partial charge in [-0.3, -0.25) is 14.4 Å². The van der Waals surface area contributed by atoms with E-state index in [1.165, 1.54) is 29.7 Å². The van der Waals surface area contributed by atoms with Crippen molar-refractivity contribution in [3.05, 3.63) is 52.1 Å². The van der Waals surface area contributed by atoms with Crippen molar-refractivity contribution in [2.45, 2.75) is 46.7 Å². The van der Waals surface area contributed by atoms with Crippen molar-refractivity contribution in [2.24, 2.45) is 0 Å². The Morgan fingerprint density at radius 1 is 1.19 bits per heavy atom. The lowest BCUT2D eigenvalue weighted by Crippen LogP contribution is -2.41. The van der Waals surface area contributed by atoms with Gasteiger partial charge in [0.25, 0.3) is 17.6 Å². The number of ketones is 1. The summed E-state index contributed by atoms with van der Waals surface area (Å²) in [4.78, 5) is 38.2. The molecule has 0 bridgehead atoms. The van der Waals surface area contributed by atoms with Gasteiger partial charge in [-0.05, 0) is 56.5 Å². The molecule has 1 aromatic heterocycles. The van der Waals surface area contributed by atoms with Crippen LogP contribution in [-0.2, 0) is 11.3 Å². The zero-order valence-electron chi connectivity index (χ0n) is 18.0. The van der Waals surface area contributed by atoms with Gasteiger partial charge in [0.15, 0.2) is 0 Å². The summed E-state index contributed by atoms with van der Waals surface area (Å²) in [6.45, 7) is 5.03. The average Bonchev–Trinajstić information content (AvgIpc) is 2.98. The zero-order chi connectivity index (χ0) is 23.3. The third kappa shape index (κ3) is 5.16. The Morgan fingerprint density at radius 3 is 2.42 bits per heavy atom. The second-order valence-electron chi connectivity index (χ2n) is 7.28. The molecule has 0 saturated heterocycles. The first-order valence-corrected chi connectivity index (χ1v) is 9.95. The normalized spacial score (nSPS) is 11.8. The van der Waals surface area contributed by atoms with Crippen LogP contribution in [0.3, 0.4) is 0 Å². The van der Waals surface area contributed by atoms with E-state index in [1.807, 2.05) is 0 Å². The van der Waals surface area contributed by atoms with Crippen molar-refractivity contribution in [3.63, 3.8) is 0 Å². The number of aliphatic hydroxyl groups is 1. The monoisotopic (exact) mass is 435 g/mol. The Morgan fingerprint density at radius 2 is 1.87 bits per heavy atom. The molecule has 2 aromatic rings. The maximum atomic E-state index is 13.5. The summed E-state index contributed by atoms with van der Waals surface area (Å²) in [5.41, 5.74) is 1.33. The molecule has 0 saturated carbocycles. The molecule has 3 N–H and O–H groups in total. The third-order valence-corrected chi connectivity index (χ3v) is 5.19. The van der Waals surface area contributed by atoms with Crippen LogP contribution in [0.25, 0.3) is 0 Å². The molecule has 9 heteroatoms. The molecule has 2 amide bonds. The molecule has 1 unspecified atom stereocenters.